The zero-order valence-electron chi connectivity index (χ0n) is 12.4. The highest BCUT2D eigenvalue weighted by Crippen LogP contribution is 2.60. The van der Waals surface area contributed by atoms with Gasteiger partial charge in [-0.2, -0.15) is 0 Å². The van der Waals surface area contributed by atoms with Crippen LogP contribution in [-0.2, 0) is 16.1 Å². The first kappa shape index (κ1) is 17.6. The van der Waals surface area contributed by atoms with E-state index in [0.717, 1.165) is 3.39 Å². The van der Waals surface area contributed by atoms with Crippen molar-refractivity contribution in [2.24, 2.45) is 17.3 Å². The summed E-state index contributed by atoms with van der Waals surface area (Å²) >= 11 is 6.54. The summed E-state index contributed by atoms with van der Waals surface area (Å²) in [4.78, 5) is 12.2. The third-order valence-corrected chi connectivity index (χ3v) is 4.74. The lowest BCUT2D eigenvalue weighted by molar-refractivity contribution is -0.147. The molecule has 0 amide bonds. The van der Waals surface area contributed by atoms with Crippen LogP contribution < -0.4 is 0 Å². The summed E-state index contributed by atoms with van der Waals surface area (Å²) in [5.74, 6) is -2.09. The molecule has 0 aromatic heterocycles. The molecule has 1 aromatic carbocycles. The topological polar surface area (TPSA) is 26.3 Å². The van der Waals surface area contributed by atoms with Crippen molar-refractivity contribution in [2.75, 3.05) is 0 Å². The Morgan fingerprint density at radius 1 is 1.36 bits per heavy atom. The maximum atomic E-state index is 13.9. The van der Waals surface area contributed by atoms with Gasteiger partial charge in [-0.1, -0.05) is 26.0 Å². The summed E-state index contributed by atoms with van der Waals surface area (Å²) in [6.07, 6.45) is 1.89. The van der Waals surface area contributed by atoms with Gasteiger partial charge in [-0.3, -0.25) is 4.79 Å². The first-order valence-corrected chi connectivity index (χ1v) is 8.37. The van der Waals surface area contributed by atoms with Gasteiger partial charge < -0.3 is 4.74 Å². The fourth-order valence-corrected chi connectivity index (χ4v) is 3.22. The van der Waals surface area contributed by atoms with Gasteiger partial charge in [0.05, 0.1) is 14.9 Å². The van der Waals surface area contributed by atoms with E-state index in [1.165, 1.54) is 12.1 Å². The molecule has 0 spiro atoms. The Morgan fingerprint density at radius 3 is 2.59 bits per heavy atom. The summed E-state index contributed by atoms with van der Waals surface area (Å²) in [5, 5.41) is 0. The van der Waals surface area contributed by atoms with Crippen LogP contribution in [0.15, 0.2) is 21.6 Å². The molecule has 6 heteroatoms. The quantitative estimate of drug-likeness (QED) is 0.603. The van der Waals surface area contributed by atoms with E-state index in [-0.39, 0.29) is 22.8 Å². The predicted molar refractivity (Wildman–Crippen MR) is 87.6 cm³/mol. The van der Waals surface area contributed by atoms with Gasteiger partial charge in [-0.25, -0.2) is 8.78 Å². The van der Waals surface area contributed by atoms with Gasteiger partial charge in [0.15, 0.2) is 0 Å². The Bertz CT molecular complexity index is 637. The van der Waals surface area contributed by atoms with E-state index >= 15 is 0 Å². The number of esters is 1. The summed E-state index contributed by atoms with van der Waals surface area (Å²) in [6, 6.07) is 2.53. The number of rotatable bonds is 4. The molecule has 2 atom stereocenters. The van der Waals surface area contributed by atoms with Gasteiger partial charge in [-0.15, -0.1) is 0 Å². The molecule has 1 aliphatic carbocycles. The number of benzene rings is 1. The number of hydrogen-bond acceptors (Lipinski definition) is 2. The molecule has 2 rings (SSSR count). The van der Waals surface area contributed by atoms with Crippen molar-refractivity contribution in [3.8, 4) is 0 Å². The van der Waals surface area contributed by atoms with E-state index in [4.69, 9.17) is 4.74 Å². The molecular formula is C16H16Br2F2O2. The molecule has 0 N–H and O–H groups in total. The lowest BCUT2D eigenvalue weighted by Gasteiger charge is -2.09. The fraction of sp³-hybridized carbons (Fsp3) is 0.438. The average Bonchev–Trinajstić information content (AvgIpc) is 2.94. The molecule has 2 unspecified atom stereocenters. The Hall–Kier alpha value is -0.750. The summed E-state index contributed by atoms with van der Waals surface area (Å²) < 4.78 is 33.4. The molecule has 1 fully saturated rings. The maximum Gasteiger partial charge on any atom is 0.310 e. The molecule has 0 heterocycles. The highest BCUT2D eigenvalue weighted by Gasteiger charge is 2.61. The Balaban J connectivity index is 2.06. The summed E-state index contributed by atoms with van der Waals surface area (Å²) in [5.41, 5.74) is -0.114. The van der Waals surface area contributed by atoms with Gasteiger partial charge in [0.1, 0.15) is 18.2 Å². The van der Waals surface area contributed by atoms with Crippen molar-refractivity contribution in [1.82, 2.24) is 0 Å². The van der Waals surface area contributed by atoms with Crippen molar-refractivity contribution in [1.29, 1.82) is 0 Å². The molecule has 0 bridgehead atoms. The number of ether oxygens (including phenoxy) is 1. The smallest absolute Gasteiger partial charge is 0.310 e. The largest absolute Gasteiger partial charge is 0.460 e. The first-order chi connectivity index (χ1) is 10.2. The maximum absolute atomic E-state index is 13.9. The minimum absolute atomic E-state index is 0.0287. The highest BCUT2D eigenvalue weighted by atomic mass is 79.9. The SMILES string of the molecule is Cc1ccc(F)c(COC(=O)C2C(C=C(Br)Br)C2(C)C)c1F. The van der Waals surface area contributed by atoms with Crippen LogP contribution in [0.2, 0.25) is 0 Å². The Morgan fingerprint density at radius 2 is 2.00 bits per heavy atom. The zero-order chi connectivity index (χ0) is 16.7. The van der Waals surface area contributed by atoms with Crippen molar-refractivity contribution in [3.63, 3.8) is 0 Å². The van der Waals surface area contributed by atoms with E-state index in [0.29, 0.717) is 5.56 Å². The summed E-state index contributed by atoms with van der Waals surface area (Å²) in [7, 11) is 0. The molecular weight excluding hydrogens is 422 g/mol. The lowest BCUT2D eigenvalue weighted by atomic mass is 10.1. The van der Waals surface area contributed by atoms with Crippen molar-refractivity contribution in [3.05, 3.63) is 44.4 Å². The van der Waals surface area contributed by atoms with Gasteiger partial charge >= 0.3 is 5.97 Å². The van der Waals surface area contributed by atoms with Crippen LogP contribution in [0, 0.1) is 35.8 Å². The van der Waals surface area contributed by atoms with Crippen LogP contribution in [0.1, 0.15) is 25.0 Å². The van der Waals surface area contributed by atoms with E-state index in [2.05, 4.69) is 31.9 Å². The average molecular weight is 438 g/mol. The number of halogens is 4. The minimum Gasteiger partial charge on any atom is -0.460 e. The summed E-state index contributed by atoms with van der Waals surface area (Å²) in [6.45, 7) is 5.06. The number of carbonyl (C=O) groups is 1. The molecule has 0 aliphatic heterocycles. The van der Waals surface area contributed by atoms with Crippen LogP contribution in [0.25, 0.3) is 0 Å². The molecule has 22 heavy (non-hydrogen) atoms. The third-order valence-electron chi connectivity index (χ3n) is 4.21. The fourth-order valence-electron chi connectivity index (χ4n) is 2.65. The van der Waals surface area contributed by atoms with Crippen molar-refractivity contribution < 1.29 is 18.3 Å². The molecule has 1 saturated carbocycles. The molecule has 0 radical (unpaired) electrons. The van der Waals surface area contributed by atoms with Gasteiger partial charge in [0.25, 0.3) is 0 Å². The first-order valence-electron chi connectivity index (χ1n) is 6.79. The monoisotopic (exact) mass is 436 g/mol. The van der Waals surface area contributed by atoms with Gasteiger partial charge in [0, 0.05) is 0 Å². The lowest BCUT2D eigenvalue weighted by Crippen LogP contribution is -2.12. The van der Waals surface area contributed by atoms with Crippen molar-refractivity contribution >= 4 is 37.8 Å². The number of hydrogen-bond donors (Lipinski definition) is 0. The Labute approximate surface area is 145 Å². The molecule has 2 nitrogen and oxygen atoms in total. The van der Waals surface area contributed by atoms with Crippen LogP contribution in [0.4, 0.5) is 8.78 Å². The van der Waals surface area contributed by atoms with Gasteiger partial charge in [-0.05, 0) is 61.7 Å². The second-order valence-corrected chi connectivity index (χ2v) is 8.82. The number of allylic oxidation sites excluding steroid dienone is 1. The van der Waals surface area contributed by atoms with Crippen LogP contribution in [-0.4, -0.2) is 5.97 Å². The van der Waals surface area contributed by atoms with Crippen LogP contribution in [0.5, 0.6) is 0 Å². The van der Waals surface area contributed by atoms with E-state index in [1.807, 2.05) is 19.9 Å². The second-order valence-electron chi connectivity index (χ2n) is 6.05. The van der Waals surface area contributed by atoms with E-state index in [9.17, 15) is 13.6 Å². The predicted octanol–water partition coefficient (Wildman–Crippen LogP) is 5.22. The zero-order valence-corrected chi connectivity index (χ0v) is 15.6. The van der Waals surface area contributed by atoms with E-state index in [1.54, 1.807) is 6.92 Å². The van der Waals surface area contributed by atoms with Gasteiger partial charge in [0.2, 0.25) is 0 Å². The molecule has 120 valence electrons. The highest BCUT2D eigenvalue weighted by molar-refractivity contribution is 9.28. The van der Waals surface area contributed by atoms with Crippen LogP contribution >= 0.6 is 31.9 Å². The standard InChI is InChI=1S/C16H16Br2F2O2/c1-8-4-5-11(19)9(14(8)20)7-22-15(21)13-10(6-12(17)18)16(13,2)3/h4-6,10,13H,7H2,1-3H3. The molecule has 0 saturated heterocycles. The number of aryl methyl sites for hydroxylation is 1. The van der Waals surface area contributed by atoms with E-state index < -0.39 is 24.2 Å². The minimum atomic E-state index is -0.703. The third kappa shape index (κ3) is 3.43. The van der Waals surface area contributed by atoms with Crippen LogP contribution in [0.3, 0.4) is 0 Å². The molecule has 1 aromatic rings. The number of carbonyl (C=O) groups excluding carboxylic acids is 1. The van der Waals surface area contributed by atoms with Crippen molar-refractivity contribution in [2.45, 2.75) is 27.4 Å². The normalized spacial score (nSPS) is 22.1. The Kier molecular flexibility index (Phi) is 5.12. The molecule has 1 aliphatic rings. The second kappa shape index (κ2) is 6.40.